The minimum absolute atomic E-state index is 0.120. The number of hydrogen-bond donors (Lipinski definition) is 1. The molecule has 2 aromatic rings. The molecule has 1 N–H and O–H groups in total. The van der Waals surface area contributed by atoms with Crippen LogP contribution in [0.2, 0.25) is 0 Å². The van der Waals surface area contributed by atoms with Crippen LogP contribution in [0, 0.1) is 6.92 Å². The van der Waals surface area contributed by atoms with E-state index in [2.05, 4.69) is 43.3 Å². The first-order valence-electron chi connectivity index (χ1n) is 7.39. The number of ether oxygens (including phenoxy) is 1. The van der Waals surface area contributed by atoms with E-state index in [1.165, 1.54) is 5.56 Å². The van der Waals surface area contributed by atoms with Crippen LogP contribution in [0.4, 0.5) is 0 Å². The number of nitrogens with one attached hydrogen (secondary N) is 1. The Bertz CT molecular complexity index is 569. The zero-order chi connectivity index (χ0) is 15.3. The van der Waals surface area contributed by atoms with Gasteiger partial charge in [0.2, 0.25) is 0 Å². The van der Waals surface area contributed by atoms with Gasteiger partial charge in [0.1, 0.15) is 12.4 Å². The molecule has 0 amide bonds. The first-order chi connectivity index (χ1) is 9.94. The van der Waals surface area contributed by atoms with E-state index in [0.29, 0.717) is 6.61 Å². The van der Waals surface area contributed by atoms with Gasteiger partial charge in [0.15, 0.2) is 0 Å². The minimum atomic E-state index is 0.120. The molecule has 0 fully saturated rings. The summed E-state index contributed by atoms with van der Waals surface area (Å²) in [5.74, 6) is 0.910. The van der Waals surface area contributed by atoms with Gasteiger partial charge in [-0.15, -0.1) is 0 Å². The van der Waals surface area contributed by atoms with Crippen LogP contribution in [-0.2, 0) is 13.1 Å². The molecule has 0 saturated carbocycles. The molecule has 0 spiro atoms. The van der Waals surface area contributed by atoms with Gasteiger partial charge in [0.25, 0.3) is 0 Å². The molecule has 1 aromatic heterocycles. The smallest absolute Gasteiger partial charge is 0.119 e. The van der Waals surface area contributed by atoms with Crippen molar-refractivity contribution in [2.45, 2.75) is 46.3 Å². The molecule has 0 bridgehead atoms. The third-order valence-electron chi connectivity index (χ3n) is 3.22. The highest BCUT2D eigenvalue weighted by atomic mass is 16.5. The van der Waals surface area contributed by atoms with Crippen LogP contribution >= 0.6 is 0 Å². The third kappa shape index (κ3) is 5.23. The van der Waals surface area contributed by atoms with E-state index in [9.17, 15) is 0 Å². The largest absolute Gasteiger partial charge is 0.492 e. The lowest BCUT2D eigenvalue weighted by Crippen LogP contribution is -2.35. The van der Waals surface area contributed by atoms with Crippen molar-refractivity contribution >= 4 is 0 Å². The lowest BCUT2D eigenvalue weighted by Gasteiger charge is -2.20. The highest BCUT2D eigenvalue weighted by molar-refractivity contribution is 5.28. The van der Waals surface area contributed by atoms with Crippen molar-refractivity contribution < 1.29 is 4.74 Å². The molecule has 4 heteroatoms. The summed E-state index contributed by atoms with van der Waals surface area (Å²) in [6.07, 6.45) is 1.81. The maximum Gasteiger partial charge on any atom is 0.119 e. The van der Waals surface area contributed by atoms with Crippen molar-refractivity contribution in [2.75, 3.05) is 6.61 Å². The summed E-state index contributed by atoms with van der Waals surface area (Å²) in [6, 6.07) is 10.2. The lowest BCUT2D eigenvalue weighted by molar-refractivity contribution is 0.289. The van der Waals surface area contributed by atoms with Crippen LogP contribution in [0.5, 0.6) is 5.75 Å². The highest BCUT2D eigenvalue weighted by Crippen LogP contribution is 2.14. The van der Waals surface area contributed by atoms with Gasteiger partial charge in [-0.3, -0.25) is 4.68 Å². The van der Waals surface area contributed by atoms with E-state index in [4.69, 9.17) is 4.74 Å². The van der Waals surface area contributed by atoms with E-state index in [1.807, 2.05) is 36.0 Å². The Kier molecular flexibility index (Phi) is 5.02. The maximum absolute atomic E-state index is 5.82. The number of aryl methyl sites for hydroxylation is 1. The van der Waals surface area contributed by atoms with Gasteiger partial charge < -0.3 is 10.1 Å². The second kappa shape index (κ2) is 6.76. The topological polar surface area (TPSA) is 39.1 Å². The maximum atomic E-state index is 5.82. The fourth-order valence-electron chi connectivity index (χ4n) is 2.00. The van der Waals surface area contributed by atoms with Crippen molar-refractivity contribution in [3.63, 3.8) is 0 Å². The van der Waals surface area contributed by atoms with Crippen LogP contribution in [0.3, 0.4) is 0 Å². The number of aromatic nitrogens is 2. The Labute approximate surface area is 127 Å². The molecule has 1 aromatic carbocycles. The zero-order valence-corrected chi connectivity index (χ0v) is 13.4. The second-order valence-corrected chi connectivity index (χ2v) is 6.30. The van der Waals surface area contributed by atoms with Crippen LogP contribution in [-0.4, -0.2) is 21.9 Å². The quantitative estimate of drug-likeness (QED) is 0.887. The highest BCUT2D eigenvalue weighted by Gasteiger charge is 2.08. The summed E-state index contributed by atoms with van der Waals surface area (Å²) in [6.45, 7) is 10.8. The van der Waals surface area contributed by atoms with Gasteiger partial charge in [-0.05, 0) is 51.5 Å². The van der Waals surface area contributed by atoms with Gasteiger partial charge in [-0.2, -0.15) is 5.10 Å². The number of benzene rings is 1. The molecular weight excluding hydrogens is 262 g/mol. The number of hydrogen-bond acceptors (Lipinski definition) is 3. The Morgan fingerprint density at radius 2 is 2.05 bits per heavy atom. The second-order valence-electron chi connectivity index (χ2n) is 6.30. The van der Waals surface area contributed by atoms with Gasteiger partial charge in [0, 0.05) is 24.0 Å². The molecule has 0 aliphatic carbocycles. The molecule has 0 atom stereocenters. The minimum Gasteiger partial charge on any atom is -0.492 e. The van der Waals surface area contributed by atoms with Crippen molar-refractivity contribution in [3.05, 3.63) is 47.8 Å². The molecule has 21 heavy (non-hydrogen) atoms. The van der Waals surface area contributed by atoms with E-state index in [1.54, 1.807) is 0 Å². The molecule has 1 heterocycles. The van der Waals surface area contributed by atoms with Crippen LogP contribution < -0.4 is 10.1 Å². The van der Waals surface area contributed by atoms with E-state index >= 15 is 0 Å². The van der Waals surface area contributed by atoms with E-state index in [0.717, 1.165) is 24.5 Å². The summed E-state index contributed by atoms with van der Waals surface area (Å²) in [7, 11) is 0. The average Bonchev–Trinajstić information content (AvgIpc) is 2.82. The lowest BCUT2D eigenvalue weighted by atomic mass is 10.1. The van der Waals surface area contributed by atoms with Crippen molar-refractivity contribution in [1.82, 2.24) is 15.1 Å². The molecular formula is C17H25N3O. The predicted molar refractivity (Wildman–Crippen MR) is 85.5 cm³/mol. The molecule has 0 unspecified atom stereocenters. The predicted octanol–water partition coefficient (Wildman–Crippen LogP) is 3.16. The van der Waals surface area contributed by atoms with Crippen molar-refractivity contribution in [1.29, 1.82) is 0 Å². The van der Waals surface area contributed by atoms with E-state index in [-0.39, 0.29) is 5.54 Å². The molecule has 0 aliphatic rings. The van der Waals surface area contributed by atoms with Crippen LogP contribution in [0.15, 0.2) is 36.5 Å². The molecule has 0 radical (unpaired) electrons. The number of nitrogens with zero attached hydrogens (tertiary/aromatic N) is 2. The Morgan fingerprint density at radius 1 is 1.24 bits per heavy atom. The Morgan fingerprint density at radius 3 is 2.71 bits per heavy atom. The summed E-state index contributed by atoms with van der Waals surface area (Å²) >= 11 is 0. The molecule has 114 valence electrons. The number of rotatable bonds is 6. The molecule has 0 saturated heterocycles. The van der Waals surface area contributed by atoms with Gasteiger partial charge in [-0.1, -0.05) is 12.1 Å². The fraction of sp³-hybridized carbons (Fsp3) is 0.471. The summed E-state index contributed by atoms with van der Waals surface area (Å²) < 4.78 is 7.77. The Hall–Kier alpha value is -1.81. The normalized spacial score (nSPS) is 11.6. The van der Waals surface area contributed by atoms with Crippen molar-refractivity contribution in [2.24, 2.45) is 0 Å². The van der Waals surface area contributed by atoms with Gasteiger partial charge in [0.05, 0.1) is 6.54 Å². The molecule has 4 nitrogen and oxygen atoms in total. The molecule has 0 aliphatic heterocycles. The summed E-state index contributed by atoms with van der Waals surface area (Å²) in [5.41, 5.74) is 2.51. The fourth-order valence-corrected chi connectivity index (χ4v) is 2.00. The average molecular weight is 287 g/mol. The Balaban J connectivity index is 1.85. The first-order valence-corrected chi connectivity index (χ1v) is 7.39. The summed E-state index contributed by atoms with van der Waals surface area (Å²) in [4.78, 5) is 0. The third-order valence-corrected chi connectivity index (χ3v) is 3.22. The SMILES string of the molecule is Cc1ccnn1CCOc1cccc(CNC(C)(C)C)c1. The first kappa shape index (κ1) is 15.6. The standard InChI is InChI=1S/C17H25N3O/c1-14-8-9-19-20(14)10-11-21-16-7-5-6-15(12-16)13-18-17(2,3)4/h5-9,12,18H,10-11,13H2,1-4H3. The van der Waals surface area contributed by atoms with E-state index < -0.39 is 0 Å². The van der Waals surface area contributed by atoms with Crippen LogP contribution in [0.1, 0.15) is 32.0 Å². The van der Waals surface area contributed by atoms with Gasteiger partial charge in [-0.25, -0.2) is 0 Å². The van der Waals surface area contributed by atoms with Crippen molar-refractivity contribution in [3.8, 4) is 5.75 Å². The van der Waals surface area contributed by atoms with Gasteiger partial charge >= 0.3 is 0 Å². The van der Waals surface area contributed by atoms with Crippen LogP contribution in [0.25, 0.3) is 0 Å². The molecule has 2 rings (SSSR count). The zero-order valence-electron chi connectivity index (χ0n) is 13.4. The summed E-state index contributed by atoms with van der Waals surface area (Å²) in [5, 5.41) is 7.73. The monoisotopic (exact) mass is 287 g/mol.